The van der Waals surface area contributed by atoms with Crippen LogP contribution in [0.25, 0.3) is 0 Å². The first kappa shape index (κ1) is 13.9. The van der Waals surface area contributed by atoms with E-state index in [0.717, 1.165) is 11.8 Å². The highest BCUT2D eigenvalue weighted by molar-refractivity contribution is 8.00. The number of nitrogens with one attached hydrogen (secondary N) is 1. The van der Waals surface area contributed by atoms with E-state index in [1.54, 1.807) is 0 Å². The fraction of sp³-hybridized carbons (Fsp3) is 0.625. The summed E-state index contributed by atoms with van der Waals surface area (Å²) in [6, 6.07) is 0. The molecule has 1 unspecified atom stereocenters. The largest absolute Gasteiger partial charge is 0.479 e. The van der Waals surface area contributed by atoms with Crippen molar-refractivity contribution in [2.24, 2.45) is 5.73 Å². The van der Waals surface area contributed by atoms with Crippen LogP contribution in [0.5, 0.6) is 0 Å². The SMILES string of the molecule is CC(=O)CCC(=O)NC(SCN)C(=O)O. The van der Waals surface area contributed by atoms with Gasteiger partial charge in [0.25, 0.3) is 0 Å². The molecule has 0 aromatic rings. The highest BCUT2D eigenvalue weighted by Gasteiger charge is 2.19. The van der Waals surface area contributed by atoms with E-state index in [4.69, 9.17) is 10.8 Å². The van der Waals surface area contributed by atoms with Crippen molar-refractivity contribution >= 4 is 29.4 Å². The molecule has 0 aliphatic rings. The number of hydrogen-bond acceptors (Lipinski definition) is 5. The lowest BCUT2D eigenvalue weighted by Crippen LogP contribution is -2.39. The van der Waals surface area contributed by atoms with E-state index in [1.807, 2.05) is 0 Å². The zero-order valence-corrected chi connectivity index (χ0v) is 9.17. The Hall–Kier alpha value is -1.08. The normalized spacial score (nSPS) is 11.9. The van der Waals surface area contributed by atoms with Crippen LogP contribution in [0.15, 0.2) is 0 Å². The van der Waals surface area contributed by atoms with Crippen molar-refractivity contribution in [3.05, 3.63) is 0 Å². The predicted octanol–water partition coefficient (Wildman–Crippen LogP) is -0.468. The average Bonchev–Trinajstić information content (AvgIpc) is 2.14. The summed E-state index contributed by atoms with van der Waals surface area (Å²) in [6.07, 6.45) is 0.121. The molecule has 0 radical (unpaired) electrons. The van der Waals surface area contributed by atoms with Gasteiger partial charge in [-0.1, -0.05) is 0 Å². The minimum atomic E-state index is -1.15. The summed E-state index contributed by atoms with van der Waals surface area (Å²) in [6.45, 7) is 1.37. The van der Waals surface area contributed by atoms with E-state index in [-0.39, 0.29) is 24.5 Å². The van der Waals surface area contributed by atoms with Gasteiger partial charge in [-0.15, -0.1) is 11.8 Å². The molecule has 0 saturated heterocycles. The number of carboxylic acids is 1. The number of rotatable bonds is 7. The smallest absolute Gasteiger partial charge is 0.336 e. The summed E-state index contributed by atoms with van der Waals surface area (Å²) >= 11 is 0.908. The number of aliphatic carboxylic acids is 1. The van der Waals surface area contributed by atoms with Gasteiger partial charge in [0, 0.05) is 18.7 Å². The van der Waals surface area contributed by atoms with Crippen LogP contribution >= 0.6 is 11.8 Å². The van der Waals surface area contributed by atoms with Crippen molar-refractivity contribution in [2.75, 3.05) is 5.88 Å². The summed E-state index contributed by atoms with van der Waals surface area (Å²) in [5.74, 6) is -1.62. The quantitative estimate of drug-likeness (QED) is 0.514. The lowest BCUT2D eigenvalue weighted by atomic mass is 10.2. The highest BCUT2D eigenvalue weighted by Crippen LogP contribution is 2.05. The molecule has 0 bridgehead atoms. The topological polar surface area (TPSA) is 109 Å². The van der Waals surface area contributed by atoms with Gasteiger partial charge in [-0.25, -0.2) is 4.79 Å². The van der Waals surface area contributed by atoms with Crippen LogP contribution in [-0.4, -0.2) is 34.0 Å². The van der Waals surface area contributed by atoms with Crippen molar-refractivity contribution in [1.29, 1.82) is 0 Å². The number of ketones is 1. The summed E-state index contributed by atoms with van der Waals surface area (Å²) in [5, 5.41) is 9.89. The Bertz CT molecular complexity index is 257. The van der Waals surface area contributed by atoms with Gasteiger partial charge in [0.1, 0.15) is 5.78 Å². The van der Waals surface area contributed by atoms with Gasteiger partial charge >= 0.3 is 5.97 Å². The molecule has 0 rings (SSSR count). The molecule has 0 aromatic heterocycles. The number of Topliss-reactive ketones (excluding diaryl/α,β-unsaturated/α-hetero) is 1. The van der Waals surface area contributed by atoms with E-state index in [2.05, 4.69) is 5.32 Å². The van der Waals surface area contributed by atoms with Gasteiger partial charge in [-0.2, -0.15) is 0 Å². The Morgan fingerprint density at radius 3 is 2.40 bits per heavy atom. The van der Waals surface area contributed by atoms with Crippen LogP contribution in [0.2, 0.25) is 0 Å². The molecule has 4 N–H and O–H groups in total. The van der Waals surface area contributed by atoms with Gasteiger partial charge in [-0.05, 0) is 6.92 Å². The Morgan fingerprint density at radius 1 is 1.40 bits per heavy atom. The molecule has 0 aliphatic carbocycles. The number of carbonyl (C=O) groups excluding carboxylic acids is 2. The molecule has 0 saturated carbocycles. The second-order valence-electron chi connectivity index (χ2n) is 2.82. The number of amides is 1. The Balaban J connectivity index is 3.99. The molecule has 1 amide bonds. The molecule has 0 spiro atoms. The van der Waals surface area contributed by atoms with E-state index >= 15 is 0 Å². The van der Waals surface area contributed by atoms with E-state index < -0.39 is 17.3 Å². The molecule has 7 heteroatoms. The number of thioether (sulfide) groups is 1. The van der Waals surface area contributed by atoms with Crippen molar-refractivity contribution in [1.82, 2.24) is 5.32 Å². The first-order chi connectivity index (χ1) is 6.97. The number of carboxylic acid groups (broad SMARTS) is 1. The molecular weight excluding hydrogens is 220 g/mol. The molecule has 86 valence electrons. The summed E-state index contributed by atoms with van der Waals surface area (Å²) < 4.78 is 0. The van der Waals surface area contributed by atoms with E-state index in [1.165, 1.54) is 6.92 Å². The number of nitrogens with two attached hydrogens (primary N) is 1. The van der Waals surface area contributed by atoms with Gasteiger partial charge in [0.05, 0.1) is 0 Å². The first-order valence-electron chi connectivity index (χ1n) is 4.30. The van der Waals surface area contributed by atoms with Gasteiger partial charge in [0.2, 0.25) is 5.91 Å². The Morgan fingerprint density at radius 2 is 2.00 bits per heavy atom. The molecule has 0 fully saturated rings. The summed E-state index contributed by atoms with van der Waals surface area (Å²) in [7, 11) is 0. The summed E-state index contributed by atoms with van der Waals surface area (Å²) in [4.78, 5) is 32.3. The third kappa shape index (κ3) is 6.92. The van der Waals surface area contributed by atoms with Crippen LogP contribution in [0.4, 0.5) is 0 Å². The molecule has 15 heavy (non-hydrogen) atoms. The number of hydrogen-bond donors (Lipinski definition) is 3. The molecular formula is C8H14N2O4S. The Labute approximate surface area is 91.6 Å². The van der Waals surface area contributed by atoms with Gasteiger partial charge in [0.15, 0.2) is 5.37 Å². The van der Waals surface area contributed by atoms with Crippen LogP contribution in [0.3, 0.4) is 0 Å². The van der Waals surface area contributed by atoms with E-state index in [9.17, 15) is 14.4 Å². The Kier molecular flexibility index (Phi) is 6.72. The minimum absolute atomic E-state index is 0.00421. The van der Waals surface area contributed by atoms with E-state index in [0.29, 0.717) is 0 Å². The fourth-order valence-electron chi connectivity index (χ4n) is 0.779. The predicted molar refractivity (Wildman–Crippen MR) is 56.1 cm³/mol. The van der Waals surface area contributed by atoms with Crippen molar-refractivity contribution < 1.29 is 19.5 Å². The molecule has 0 heterocycles. The van der Waals surface area contributed by atoms with Crippen molar-refractivity contribution in [2.45, 2.75) is 25.1 Å². The second kappa shape index (κ2) is 7.24. The zero-order chi connectivity index (χ0) is 11.8. The molecule has 6 nitrogen and oxygen atoms in total. The van der Waals surface area contributed by atoms with Crippen LogP contribution < -0.4 is 11.1 Å². The lowest BCUT2D eigenvalue weighted by molar-refractivity contribution is -0.139. The van der Waals surface area contributed by atoms with Crippen LogP contribution in [0, 0.1) is 0 Å². The first-order valence-corrected chi connectivity index (χ1v) is 5.35. The van der Waals surface area contributed by atoms with Crippen LogP contribution in [-0.2, 0) is 14.4 Å². The van der Waals surface area contributed by atoms with Crippen LogP contribution in [0.1, 0.15) is 19.8 Å². The minimum Gasteiger partial charge on any atom is -0.479 e. The lowest BCUT2D eigenvalue weighted by Gasteiger charge is -2.12. The van der Waals surface area contributed by atoms with Gasteiger partial charge < -0.3 is 21.0 Å². The van der Waals surface area contributed by atoms with Gasteiger partial charge in [-0.3, -0.25) is 4.79 Å². The number of carbonyl (C=O) groups is 3. The second-order valence-corrected chi connectivity index (χ2v) is 3.96. The summed E-state index contributed by atoms with van der Waals surface area (Å²) in [5.41, 5.74) is 5.16. The molecule has 0 aliphatic heterocycles. The third-order valence-corrected chi connectivity index (χ3v) is 2.33. The fourth-order valence-corrected chi connectivity index (χ4v) is 1.33. The standard InChI is InChI=1S/C8H14N2O4S/c1-5(11)2-3-6(12)10-7(8(13)14)15-4-9/h7H,2-4,9H2,1H3,(H,10,12)(H,13,14). The third-order valence-electron chi connectivity index (χ3n) is 1.48. The van der Waals surface area contributed by atoms with Crippen molar-refractivity contribution in [3.8, 4) is 0 Å². The maximum atomic E-state index is 11.2. The maximum Gasteiger partial charge on any atom is 0.336 e. The monoisotopic (exact) mass is 234 g/mol. The maximum absolute atomic E-state index is 11.2. The zero-order valence-electron chi connectivity index (χ0n) is 8.36. The van der Waals surface area contributed by atoms with Crippen molar-refractivity contribution in [3.63, 3.8) is 0 Å². The highest BCUT2D eigenvalue weighted by atomic mass is 32.2. The molecule has 0 aromatic carbocycles. The average molecular weight is 234 g/mol. The molecule has 1 atom stereocenters.